The summed E-state index contributed by atoms with van der Waals surface area (Å²) in [6, 6.07) is -3.90. The fraction of sp³-hybridized carbons (Fsp3) is 0.778. The van der Waals surface area contributed by atoms with E-state index in [1.165, 1.54) is 0 Å². The van der Waals surface area contributed by atoms with Crippen molar-refractivity contribution >= 4 is 35.5 Å². The van der Waals surface area contributed by atoms with E-state index in [4.69, 9.17) is 0 Å². The van der Waals surface area contributed by atoms with Gasteiger partial charge in [-0.2, -0.15) is 0 Å². The number of nitrogens with one attached hydrogen (secondary N) is 5. The molecule has 2 heterocycles. The number of alkyl halides is 2. The van der Waals surface area contributed by atoms with Crippen molar-refractivity contribution < 1.29 is 42.7 Å². The molecule has 2 saturated heterocycles. The van der Waals surface area contributed by atoms with Gasteiger partial charge in [0.05, 0.1) is 6.04 Å². The summed E-state index contributed by atoms with van der Waals surface area (Å²) in [5.74, 6) is -7.26. The van der Waals surface area contributed by atoms with Gasteiger partial charge < -0.3 is 36.6 Å². The van der Waals surface area contributed by atoms with Gasteiger partial charge in [0, 0.05) is 51.5 Å². The molecular formula is C27H44F2N6O7. The van der Waals surface area contributed by atoms with Crippen molar-refractivity contribution in [1.82, 2.24) is 31.5 Å². The Kier molecular flexibility index (Phi) is 13.5. The number of nitrogens with zero attached hydrogens (tertiary/aromatic N) is 1. The number of ketones is 1. The monoisotopic (exact) mass is 602 g/mol. The number of rotatable bonds is 16. The second-order valence-electron chi connectivity index (χ2n) is 11.4. The minimum atomic E-state index is -2.82. The minimum absolute atomic E-state index is 0.0349. The smallest absolute Gasteiger partial charge is 0.405 e. The molecular weight excluding hydrogens is 558 g/mol. The SMILES string of the molecule is CCCCNC(=O)C(=O)C(C[C@@H]1CCNC1=O)NC(=O)C(CC(C)C)NC(=O)C(CN1CCC(F)(F)CC1)NC(=O)O. The Labute approximate surface area is 244 Å². The van der Waals surface area contributed by atoms with E-state index in [0.717, 1.165) is 6.42 Å². The lowest BCUT2D eigenvalue weighted by atomic mass is 9.94. The fourth-order valence-corrected chi connectivity index (χ4v) is 4.92. The van der Waals surface area contributed by atoms with Crippen LogP contribution in [-0.2, 0) is 24.0 Å². The number of amides is 5. The van der Waals surface area contributed by atoms with E-state index in [1.807, 2.05) is 6.92 Å². The summed E-state index contributed by atoms with van der Waals surface area (Å²) >= 11 is 0. The maximum absolute atomic E-state index is 13.6. The highest BCUT2D eigenvalue weighted by Gasteiger charge is 2.38. The van der Waals surface area contributed by atoms with Crippen molar-refractivity contribution in [3.05, 3.63) is 0 Å². The molecule has 0 spiro atoms. The van der Waals surface area contributed by atoms with Crippen molar-refractivity contribution in [2.24, 2.45) is 11.8 Å². The van der Waals surface area contributed by atoms with Gasteiger partial charge in [0.2, 0.25) is 23.5 Å². The number of carbonyl (C=O) groups is 6. The Bertz CT molecular complexity index is 986. The van der Waals surface area contributed by atoms with E-state index in [1.54, 1.807) is 18.7 Å². The number of hydrogen-bond donors (Lipinski definition) is 6. The van der Waals surface area contributed by atoms with Crippen LogP contribution in [0.25, 0.3) is 0 Å². The topological polar surface area (TPSA) is 186 Å². The molecule has 2 rings (SSSR count). The van der Waals surface area contributed by atoms with Crippen LogP contribution in [-0.4, -0.2) is 102 Å². The van der Waals surface area contributed by atoms with Crippen LogP contribution in [0.15, 0.2) is 0 Å². The van der Waals surface area contributed by atoms with Crippen LogP contribution >= 0.6 is 0 Å². The summed E-state index contributed by atoms with van der Waals surface area (Å²) in [6.45, 7) is 5.92. The van der Waals surface area contributed by atoms with Crippen molar-refractivity contribution in [3.63, 3.8) is 0 Å². The van der Waals surface area contributed by atoms with Gasteiger partial charge in [-0.3, -0.25) is 24.0 Å². The number of carbonyl (C=O) groups excluding carboxylic acids is 5. The van der Waals surface area contributed by atoms with E-state index in [-0.39, 0.29) is 50.8 Å². The standard InChI is InChI=1S/C27H44F2N6O7/c1-4-5-9-30-25(40)21(36)18(14-17-6-10-31-22(17)37)32-23(38)19(13-16(2)3)33-24(39)20(34-26(41)42)15-35-11-7-27(28,29)8-12-35/h16-20,34H,4-15H2,1-3H3,(H,30,40)(H,31,37)(H,32,38)(H,33,39)(H,41,42)/t17-,18?,19?,20?/m0/s1. The molecule has 0 saturated carbocycles. The lowest BCUT2D eigenvalue weighted by molar-refractivity contribution is -0.141. The first kappa shape index (κ1) is 34.8. The third-order valence-electron chi connectivity index (χ3n) is 7.34. The summed E-state index contributed by atoms with van der Waals surface area (Å²) in [4.78, 5) is 77.4. The van der Waals surface area contributed by atoms with Gasteiger partial charge >= 0.3 is 6.09 Å². The number of likely N-dealkylation sites (tertiary alicyclic amines) is 1. The molecule has 0 bridgehead atoms. The van der Waals surface area contributed by atoms with E-state index < -0.39 is 72.4 Å². The second-order valence-corrected chi connectivity index (χ2v) is 11.4. The zero-order valence-corrected chi connectivity index (χ0v) is 24.5. The molecule has 2 aliphatic heterocycles. The van der Waals surface area contributed by atoms with Crippen LogP contribution in [0.3, 0.4) is 0 Å². The Balaban J connectivity index is 2.18. The first-order chi connectivity index (χ1) is 19.7. The van der Waals surface area contributed by atoms with Crippen LogP contribution in [0.2, 0.25) is 0 Å². The predicted octanol–water partition coefficient (Wildman–Crippen LogP) is 0.381. The number of Topliss-reactive ketones (excluding diaryl/α,β-unsaturated/α-hetero) is 1. The predicted molar refractivity (Wildman–Crippen MR) is 148 cm³/mol. The molecule has 13 nitrogen and oxygen atoms in total. The van der Waals surface area contributed by atoms with Crippen molar-refractivity contribution in [3.8, 4) is 0 Å². The van der Waals surface area contributed by atoms with Gasteiger partial charge in [0.1, 0.15) is 12.1 Å². The lowest BCUT2D eigenvalue weighted by Gasteiger charge is -2.34. The van der Waals surface area contributed by atoms with E-state index in [9.17, 15) is 42.7 Å². The Morgan fingerprint density at radius 1 is 1.02 bits per heavy atom. The van der Waals surface area contributed by atoms with Gasteiger partial charge in [-0.1, -0.05) is 27.2 Å². The first-order valence-corrected chi connectivity index (χ1v) is 14.5. The summed E-state index contributed by atoms with van der Waals surface area (Å²) in [5, 5.41) is 21.6. The van der Waals surface area contributed by atoms with Crippen LogP contribution in [0.4, 0.5) is 13.6 Å². The van der Waals surface area contributed by atoms with Gasteiger partial charge in [0.25, 0.3) is 11.8 Å². The van der Waals surface area contributed by atoms with Gasteiger partial charge in [-0.15, -0.1) is 0 Å². The van der Waals surface area contributed by atoms with Crippen molar-refractivity contribution in [1.29, 1.82) is 0 Å². The molecule has 2 fully saturated rings. The normalized spacial score (nSPS) is 20.6. The molecule has 0 aromatic carbocycles. The average molecular weight is 603 g/mol. The number of piperidine rings is 1. The highest BCUT2D eigenvalue weighted by Crippen LogP contribution is 2.27. The molecule has 15 heteroatoms. The van der Waals surface area contributed by atoms with Crippen LogP contribution in [0.1, 0.15) is 65.7 Å². The molecule has 238 valence electrons. The number of carboxylic acid groups (broad SMARTS) is 1. The van der Waals surface area contributed by atoms with Crippen LogP contribution < -0.4 is 26.6 Å². The summed E-state index contributed by atoms with van der Waals surface area (Å²) in [7, 11) is 0. The molecule has 0 aromatic heterocycles. The van der Waals surface area contributed by atoms with Crippen LogP contribution in [0.5, 0.6) is 0 Å². The molecule has 42 heavy (non-hydrogen) atoms. The fourth-order valence-electron chi connectivity index (χ4n) is 4.92. The average Bonchev–Trinajstić information content (AvgIpc) is 3.31. The van der Waals surface area contributed by atoms with Crippen LogP contribution in [0, 0.1) is 11.8 Å². The molecule has 6 N–H and O–H groups in total. The Morgan fingerprint density at radius 2 is 1.64 bits per heavy atom. The molecule has 4 atom stereocenters. The Hall–Kier alpha value is -3.36. The largest absolute Gasteiger partial charge is 0.465 e. The molecule has 0 aliphatic carbocycles. The van der Waals surface area contributed by atoms with Gasteiger partial charge in [-0.05, 0) is 31.6 Å². The molecule has 5 amide bonds. The number of halogens is 2. The third-order valence-corrected chi connectivity index (χ3v) is 7.34. The summed E-state index contributed by atoms with van der Waals surface area (Å²) < 4.78 is 27.1. The number of hydrogen-bond acceptors (Lipinski definition) is 7. The van der Waals surface area contributed by atoms with E-state index in [0.29, 0.717) is 19.4 Å². The van der Waals surface area contributed by atoms with Gasteiger partial charge in [0.15, 0.2) is 0 Å². The van der Waals surface area contributed by atoms with Crippen molar-refractivity contribution in [2.45, 2.75) is 89.8 Å². The maximum atomic E-state index is 13.6. The molecule has 2 aliphatic rings. The zero-order valence-electron chi connectivity index (χ0n) is 24.5. The minimum Gasteiger partial charge on any atom is -0.465 e. The third kappa shape index (κ3) is 11.5. The molecule has 3 unspecified atom stereocenters. The van der Waals surface area contributed by atoms with Gasteiger partial charge in [-0.25, -0.2) is 13.6 Å². The maximum Gasteiger partial charge on any atom is 0.405 e. The first-order valence-electron chi connectivity index (χ1n) is 14.5. The number of unbranched alkanes of at least 4 members (excludes halogenated alkanes) is 1. The molecule has 0 aromatic rings. The second kappa shape index (κ2) is 16.3. The summed E-state index contributed by atoms with van der Waals surface area (Å²) in [6.07, 6.45) is -0.487. The summed E-state index contributed by atoms with van der Waals surface area (Å²) in [5.41, 5.74) is 0. The van der Waals surface area contributed by atoms with Crippen molar-refractivity contribution in [2.75, 3.05) is 32.7 Å². The highest BCUT2D eigenvalue weighted by molar-refractivity contribution is 6.38. The van der Waals surface area contributed by atoms with E-state index in [2.05, 4.69) is 26.6 Å². The highest BCUT2D eigenvalue weighted by atomic mass is 19.3. The lowest BCUT2D eigenvalue weighted by Crippen LogP contribution is -2.59. The molecule has 0 radical (unpaired) electrons. The Morgan fingerprint density at radius 3 is 2.19 bits per heavy atom. The zero-order chi connectivity index (χ0) is 31.4. The van der Waals surface area contributed by atoms with E-state index >= 15 is 0 Å². The quantitative estimate of drug-likeness (QED) is 0.108.